The third kappa shape index (κ3) is 3.26. The van der Waals surface area contributed by atoms with E-state index in [-0.39, 0.29) is 5.92 Å². The molecule has 4 rings (SSSR count). The lowest BCUT2D eigenvalue weighted by molar-refractivity contribution is 0.496. The molecule has 1 aromatic carbocycles. The SMILES string of the molecule is Cn1cnnc1N1CCC(c2c(C#N)cccc2-c2ccc(F)nc2)CC1. The van der Waals surface area contributed by atoms with Crippen LogP contribution in [0.1, 0.15) is 29.9 Å². The second-order valence-electron chi connectivity index (χ2n) is 6.75. The molecule has 0 N–H and O–H groups in total. The molecule has 0 bridgehead atoms. The number of anilines is 1. The first-order valence-corrected chi connectivity index (χ1v) is 8.91. The van der Waals surface area contributed by atoms with Crippen molar-refractivity contribution in [3.63, 3.8) is 0 Å². The number of pyridine rings is 1. The molecular weight excluding hydrogens is 343 g/mol. The fourth-order valence-electron chi connectivity index (χ4n) is 3.82. The van der Waals surface area contributed by atoms with E-state index < -0.39 is 5.95 Å². The average Bonchev–Trinajstić information content (AvgIpc) is 3.14. The predicted molar refractivity (Wildman–Crippen MR) is 99.5 cm³/mol. The third-order valence-corrected chi connectivity index (χ3v) is 5.14. The van der Waals surface area contributed by atoms with Gasteiger partial charge in [0, 0.05) is 31.9 Å². The van der Waals surface area contributed by atoms with Crippen molar-refractivity contribution in [1.29, 1.82) is 5.26 Å². The Morgan fingerprint density at radius 1 is 1.19 bits per heavy atom. The Morgan fingerprint density at radius 2 is 2.00 bits per heavy atom. The molecule has 0 spiro atoms. The Morgan fingerprint density at radius 3 is 2.63 bits per heavy atom. The number of hydrogen-bond donors (Lipinski definition) is 0. The Kier molecular flexibility index (Phi) is 4.55. The first kappa shape index (κ1) is 17.2. The topological polar surface area (TPSA) is 70.6 Å². The molecule has 7 heteroatoms. The van der Waals surface area contributed by atoms with Crippen molar-refractivity contribution >= 4 is 5.95 Å². The van der Waals surface area contributed by atoms with Crippen molar-refractivity contribution in [2.75, 3.05) is 18.0 Å². The van der Waals surface area contributed by atoms with Gasteiger partial charge in [-0.05, 0) is 48.1 Å². The summed E-state index contributed by atoms with van der Waals surface area (Å²) >= 11 is 0. The second kappa shape index (κ2) is 7.16. The number of hydrogen-bond acceptors (Lipinski definition) is 5. The van der Waals surface area contributed by atoms with Gasteiger partial charge in [0.2, 0.25) is 11.9 Å². The van der Waals surface area contributed by atoms with Crippen molar-refractivity contribution in [2.24, 2.45) is 7.05 Å². The van der Waals surface area contributed by atoms with Crippen molar-refractivity contribution in [1.82, 2.24) is 19.7 Å². The Balaban J connectivity index is 1.65. The first-order valence-electron chi connectivity index (χ1n) is 8.91. The maximum absolute atomic E-state index is 13.2. The van der Waals surface area contributed by atoms with E-state index in [0.29, 0.717) is 5.56 Å². The maximum atomic E-state index is 13.2. The number of rotatable bonds is 3. The molecule has 136 valence electrons. The summed E-state index contributed by atoms with van der Waals surface area (Å²) in [6.45, 7) is 1.69. The van der Waals surface area contributed by atoms with Gasteiger partial charge in [-0.15, -0.1) is 10.2 Å². The lowest BCUT2D eigenvalue weighted by atomic mass is 9.82. The van der Waals surface area contributed by atoms with Crippen LogP contribution in [0.5, 0.6) is 0 Å². The molecule has 1 fully saturated rings. The minimum Gasteiger partial charge on any atom is -0.341 e. The van der Waals surface area contributed by atoms with Gasteiger partial charge in [-0.2, -0.15) is 9.65 Å². The van der Waals surface area contributed by atoms with E-state index in [1.165, 1.54) is 12.3 Å². The summed E-state index contributed by atoms with van der Waals surface area (Å²) in [5.74, 6) is 0.615. The molecule has 6 nitrogen and oxygen atoms in total. The maximum Gasteiger partial charge on any atom is 0.226 e. The van der Waals surface area contributed by atoms with E-state index in [9.17, 15) is 9.65 Å². The third-order valence-electron chi connectivity index (χ3n) is 5.14. The molecule has 0 radical (unpaired) electrons. The van der Waals surface area contributed by atoms with Gasteiger partial charge >= 0.3 is 0 Å². The minimum atomic E-state index is -0.506. The highest BCUT2D eigenvalue weighted by atomic mass is 19.1. The van der Waals surface area contributed by atoms with Crippen LogP contribution in [0.2, 0.25) is 0 Å². The molecule has 0 saturated carbocycles. The van der Waals surface area contributed by atoms with Crippen LogP contribution in [0, 0.1) is 17.3 Å². The van der Waals surface area contributed by atoms with Crippen LogP contribution in [0.3, 0.4) is 0 Å². The van der Waals surface area contributed by atoms with Crippen molar-refractivity contribution in [2.45, 2.75) is 18.8 Å². The fraction of sp³-hybridized carbons (Fsp3) is 0.300. The average molecular weight is 362 g/mol. The number of halogens is 1. The summed E-state index contributed by atoms with van der Waals surface area (Å²) in [7, 11) is 1.94. The Bertz CT molecular complexity index is 980. The highest BCUT2D eigenvalue weighted by molar-refractivity contribution is 5.70. The van der Waals surface area contributed by atoms with E-state index >= 15 is 0 Å². The quantitative estimate of drug-likeness (QED) is 0.669. The van der Waals surface area contributed by atoms with Crippen LogP contribution in [0.4, 0.5) is 10.3 Å². The summed E-state index contributed by atoms with van der Waals surface area (Å²) in [5.41, 5.74) is 3.50. The van der Waals surface area contributed by atoms with Gasteiger partial charge in [-0.3, -0.25) is 0 Å². The molecular formula is C20H19FN6. The van der Waals surface area contributed by atoms with E-state index in [1.54, 1.807) is 12.4 Å². The van der Waals surface area contributed by atoms with Crippen LogP contribution in [-0.2, 0) is 7.05 Å². The van der Waals surface area contributed by atoms with Gasteiger partial charge in [0.15, 0.2) is 0 Å². The summed E-state index contributed by atoms with van der Waals surface area (Å²) in [5, 5.41) is 17.8. The molecule has 3 heterocycles. The molecule has 0 aliphatic carbocycles. The minimum absolute atomic E-state index is 0.255. The molecule has 1 saturated heterocycles. The van der Waals surface area contributed by atoms with Crippen LogP contribution in [0.25, 0.3) is 11.1 Å². The monoisotopic (exact) mass is 362 g/mol. The fourth-order valence-corrected chi connectivity index (χ4v) is 3.82. The van der Waals surface area contributed by atoms with Gasteiger partial charge < -0.3 is 9.47 Å². The molecule has 1 aliphatic heterocycles. The number of aryl methyl sites for hydroxylation is 1. The van der Waals surface area contributed by atoms with Gasteiger partial charge in [-0.25, -0.2) is 4.98 Å². The number of nitriles is 1. The smallest absolute Gasteiger partial charge is 0.226 e. The van der Waals surface area contributed by atoms with Gasteiger partial charge in [0.05, 0.1) is 11.6 Å². The van der Waals surface area contributed by atoms with Crippen molar-refractivity contribution in [3.05, 3.63) is 59.9 Å². The van der Waals surface area contributed by atoms with Gasteiger partial charge in [0.25, 0.3) is 0 Å². The van der Waals surface area contributed by atoms with E-state index in [4.69, 9.17) is 0 Å². The second-order valence-corrected chi connectivity index (χ2v) is 6.75. The molecule has 2 aromatic heterocycles. The Hall–Kier alpha value is -3.27. The summed E-state index contributed by atoms with van der Waals surface area (Å²) in [6, 6.07) is 11.1. The standard InChI is InChI=1S/C20H19FN6/c1-26-13-24-25-20(26)27-9-7-14(8-10-27)19-15(11-22)3-2-4-17(19)16-5-6-18(21)23-12-16/h2-6,12-14H,7-10H2,1H3. The van der Waals surface area contributed by atoms with E-state index in [2.05, 4.69) is 26.2 Å². The number of nitrogens with zero attached hydrogens (tertiary/aromatic N) is 6. The zero-order valence-electron chi connectivity index (χ0n) is 15.0. The summed E-state index contributed by atoms with van der Waals surface area (Å²) in [4.78, 5) is 6.00. The molecule has 27 heavy (non-hydrogen) atoms. The zero-order chi connectivity index (χ0) is 18.8. The largest absolute Gasteiger partial charge is 0.341 e. The highest BCUT2D eigenvalue weighted by Crippen LogP contribution is 2.38. The van der Waals surface area contributed by atoms with Gasteiger partial charge in [-0.1, -0.05) is 12.1 Å². The van der Waals surface area contributed by atoms with Crippen LogP contribution in [-0.4, -0.2) is 32.8 Å². The highest BCUT2D eigenvalue weighted by Gasteiger charge is 2.27. The van der Waals surface area contributed by atoms with Crippen molar-refractivity contribution in [3.8, 4) is 17.2 Å². The van der Waals surface area contributed by atoms with Crippen LogP contribution >= 0.6 is 0 Å². The van der Waals surface area contributed by atoms with Crippen LogP contribution in [0.15, 0.2) is 42.9 Å². The zero-order valence-corrected chi connectivity index (χ0v) is 15.0. The summed E-state index contributed by atoms with van der Waals surface area (Å²) < 4.78 is 15.1. The lowest BCUT2D eigenvalue weighted by Crippen LogP contribution is -2.34. The van der Waals surface area contributed by atoms with E-state index in [0.717, 1.165) is 48.6 Å². The molecule has 0 atom stereocenters. The molecule has 0 amide bonds. The number of aromatic nitrogens is 4. The molecule has 1 aliphatic rings. The van der Waals surface area contributed by atoms with E-state index in [1.807, 2.05) is 29.8 Å². The Labute approximate surface area is 156 Å². The van der Waals surface area contributed by atoms with Gasteiger partial charge in [0.1, 0.15) is 6.33 Å². The molecule has 3 aromatic rings. The first-order chi connectivity index (χ1) is 13.2. The van der Waals surface area contributed by atoms with Crippen LogP contribution < -0.4 is 4.90 Å². The van der Waals surface area contributed by atoms with Crippen molar-refractivity contribution < 1.29 is 4.39 Å². The normalized spacial score (nSPS) is 14.9. The number of benzene rings is 1. The predicted octanol–water partition coefficient (Wildman–Crippen LogP) is 3.27. The molecule has 0 unspecified atom stereocenters. The summed E-state index contributed by atoms with van der Waals surface area (Å²) in [6.07, 6.45) is 5.05. The number of piperidine rings is 1. The lowest BCUT2D eigenvalue weighted by Gasteiger charge is -2.33.